The third-order valence-corrected chi connectivity index (χ3v) is 8.32. The lowest BCUT2D eigenvalue weighted by Gasteiger charge is -2.25. The Bertz CT molecular complexity index is 1580. The maximum Gasteiger partial charge on any atom is 0.342 e. The zero-order valence-corrected chi connectivity index (χ0v) is 26.1. The number of nitrogens with zero attached hydrogens (tertiary/aromatic N) is 4. The van der Waals surface area contributed by atoms with Crippen molar-refractivity contribution in [3.63, 3.8) is 0 Å². The van der Waals surface area contributed by atoms with Gasteiger partial charge in [0.15, 0.2) is 11.5 Å². The number of aliphatic hydroxyl groups is 1. The van der Waals surface area contributed by atoms with Crippen LogP contribution in [0.4, 0.5) is 5.82 Å². The molecule has 4 rings (SSSR count). The molecule has 2 heterocycles. The molecule has 4 aromatic rings. The van der Waals surface area contributed by atoms with Gasteiger partial charge in [0.05, 0.1) is 30.7 Å². The molecule has 0 saturated heterocycles. The van der Waals surface area contributed by atoms with Crippen molar-refractivity contribution in [3.8, 4) is 16.9 Å². The predicted octanol–water partition coefficient (Wildman–Crippen LogP) is 4.87. The molecule has 2 aromatic carbocycles. The van der Waals surface area contributed by atoms with Gasteiger partial charge in [-0.25, -0.2) is 20.0 Å². The number of anilines is 1. The van der Waals surface area contributed by atoms with Crippen molar-refractivity contribution in [3.05, 3.63) is 66.7 Å². The Morgan fingerprint density at radius 3 is 2.26 bits per heavy atom. The summed E-state index contributed by atoms with van der Waals surface area (Å²) in [6.45, 7) is 10.7. The summed E-state index contributed by atoms with van der Waals surface area (Å²) >= 11 is 0. The molecule has 0 fully saturated rings. The van der Waals surface area contributed by atoms with Crippen molar-refractivity contribution >= 4 is 30.5 Å². The van der Waals surface area contributed by atoms with E-state index in [0.717, 1.165) is 16.7 Å². The molecule has 0 spiro atoms. The predicted molar refractivity (Wildman–Crippen MR) is 164 cm³/mol. The highest BCUT2D eigenvalue weighted by molar-refractivity contribution is 7.57. The van der Waals surface area contributed by atoms with Crippen LogP contribution in [0.5, 0.6) is 5.75 Å². The number of hydrogen-bond acceptors (Lipinski definition) is 10. The number of fused-ring (bicyclic) bond motifs is 1. The van der Waals surface area contributed by atoms with Gasteiger partial charge in [0.2, 0.25) is 0 Å². The van der Waals surface area contributed by atoms with E-state index in [9.17, 15) is 14.5 Å². The fraction of sp³-hybridized carbons (Fsp3) is 0.400. The van der Waals surface area contributed by atoms with Gasteiger partial charge < -0.3 is 29.4 Å². The highest BCUT2D eigenvalue weighted by Crippen LogP contribution is 2.44. The number of nitrogen functional groups attached to an aromatic ring is 1. The number of benzene rings is 2. The van der Waals surface area contributed by atoms with Crippen LogP contribution < -0.4 is 15.3 Å². The minimum atomic E-state index is -3.78. The topological polar surface area (TPSA) is 164 Å². The molecule has 0 saturated carbocycles. The first kappa shape index (κ1) is 32.1. The van der Waals surface area contributed by atoms with Gasteiger partial charge in [-0.15, -0.1) is 0 Å². The Labute approximate surface area is 251 Å². The van der Waals surface area contributed by atoms with E-state index in [-0.39, 0.29) is 18.3 Å². The van der Waals surface area contributed by atoms with Crippen LogP contribution in [-0.2, 0) is 31.0 Å². The standard InChI is InChI=1S/C30H39N6O6P/c1-19(2)41-29(37)21(4)35-43(39,18-40-20(3)15-36-17-34-26-27(31)32-16-33-28(26)36)42-25-13-9-23(10-14-25)22-7-11-24(12-8-22)30(5,6)38/h7-14,16-17,19-21,38H,15,18H2,1-6H3,(H,35,39)(H2,31,32,33)/t20-,21+,43?/m1/s1. The zero-order chi connectivity index (χ0) is 31.4. The summed E-state index contributed by atoms with van der Waals surface area (Å²) in [6, 6.07) is 13.8. The average molecular weight is 611 g/mol. The quantitative estimate of drug-likeness (QED) is 0.140. The number of aromatic nitrogens is 4. The largest absolute Gasteiger partial charge is 0.462 e. The number of carbonyl (C=O) groups excluding carboxylic acids is 1. The summed E-state index contributed by atoms with van der Waals surface area (Å²) in [5, 5.41) is 13.0. The van der Waals surface area contributed by atoms with Gasteiger partial charge in [0, 0.05) is 0 Å². The van der Waals surface area contributed by atoms with Gasteiger partial charge in [-0.05, 0) is 70.4 Å². The molecule has 0 aliphatic rings. The van der Waals surface area contributed by atoms with Crippen molar-refractivity contribution < 1.29 is 28.5 Å². The van der Waals surface area contributed by atoms with Crippen LogP contribution in [0.15, 0.2) is 61.2 Å². The Balaban J connectivity index is 1.48. The number of imidazole rings is 1. The number of nitrogens with one attached hydrogen (secondary N) is 1. The highest BCUT2D eigenvalue weighted by Gasteiger charge is 2.32. The molecule has 12 nitrogen and oxygen atoms in total. The van der Waals surface area contributed by atoms with E-state index >= 15 is 0 Å². The van der Waals surface area contributed by atoms with Crippen molar-refractivity contribution in [2.75, 3.05) is 12.1 Å². The lowest BCUT2D eigenvalue weighted by Crippen LogP contribution is -2.37. The first-order valence-electron chi connectivity index (χ1n) is 14.0. The molecular weight excluding hydrogens is 571 g/mol. The van der Waals surface area contributed by atoms with E-state index in [1.54, 1.807) is 57.6 Å². The van der Waals surface area contributed by atoms with Crippen molar-refractivity contribution in [2.45, 2.75) is 71.9 Å². The normalized spacial score (nSPS) is 14.8. The maximum atomic E-state index is 14.1. The van der Waals surface area contributed by atoms with Crippen LogP contribution in [0, 0.1) is 0 Å². The van der Waals surface area contributed by atoms with Crippen LogP contribution in [-0.4, -0.2) is 55.2 Å². The van der Waals surface area contributed by atoms with E-state index in [2.05, 4.69) is 20.0 Å². The van der Waals surface area contributed by atoms with Gasteiger partial charge in [0.25, 0.3) is 0 Å². The average Bonchev–Trinajstić information content (AvgIpc) is 3.35. The molecule has 13 heteroatoms. The Kier molecular flexibility index (Phi) is 9.86. The van der Waals surface area contributed by atoms with Gasteiger partial charge >= 0.3 is 13.5 Å². The van der Waals surface area contributed by atoms with Crippen molar-refractivity contribution in [2.24, 2.45) is 0 Å². The van der Waals surface area contributed by atoms with Crippen LogP contribution in [0.25, 0.3) is 22.3 Å². The molecule has 0 radical (unpaired) electrons. The molecule has 43 heavy (non-hydrogen) atoms. The fourth-order valence-electron chi connectivity index (χ4n) is 4.31. The number of carbonyl (C=O) groups is 1. The van der Waals surface area contributed by atoms with E-state index in [0.29, 0.717) is 23.5 Å². The van der Waals surface area contributed by atoms with Crippen LogP contribution in [0.2, 0.25) is 0 Å². The van der Waals surface area contributed by atoms with Crippen molar-refractivity contribution in [1.29, 1.82) is 0 Å². The first-order chi connectivity index (χ1) is 20.2. The molecule has 0 amide bonds. The summed E-state index contributed by atoms with van der Waals surface area (Å²) in [5.41, 5.74) is 8.66. The third-order valence-electron chi connectivity index (χ3n) is 6.54. The Morgan fingerprint density at radius 1 is 1.02 bits per heavy atom. The van der Waals surface area contributed by atoms with Crippen LogP contribution >= 0.6 is 7.52 Å². The highest BCUT2D eigenvalue weighted by atomic mass is 31.2. The molecule has 1 unspecified atom stereocenters. The minimum absolute atomic E-state index is 0.277. The smallest absolute Gasteiger partial charge is 0.342 e. The van der Waals surface area contributed by atoms with Crippen molar-refractivity contribution in [1.82, 2.24) is 24.6 Å². The number of rotatable bonds is 13. The van der Waals surface area contributed by atoms with Gasteiger partial charge in [0.1, 0.15) is 30.0 Å². The summed E-state index contributed by atoms with van der Waals surface area (Å²) in [4.78, 5) is 25.0. The van der Waals surface area contributed by atoms with Crippen LogP contribution in [0.1, 0.15) is 47.1 Å². The Hall–Kier alpha value is -3.83. The summed E-state index contributed by atoms with van der Waals surface area (Å²) < 4.78 is 33.1. The number of ether oxygens (including phenoxy) is 2. The molecule has 0 bridgehead atoms. The monoisotopic (exact) mass is 610 g/mol. The first-order valence-corrected chi connectivity index (χ1v) is 15.8. The molecule has 4 N–H and O–H groups in total. The van der Waals surface area contributed by atoms with Gasteiger partial charge in [-0.1, -0.05) is 36.4 Å². The molecular formula is C30H39N6O6P. The fourth-order valence-corrected chi connectivity index (χ4v) is 6.10. The van der Waals surface area contributed by atoms with Crippen LogP contribution in [0.3, 0.4) is 0 Å². The van der Waals surface area contributed by atoms with E-state index in [1.165, 1.54) is 6.33 Å². The van der Waals surface area contributed by atoms with Gasteiger partial charge in [-0.3, -0.25) is 9.36 Å². The summed E-state index contributed by atoms with van der Waals surface area (Å²) in [6.07, 6.45) is 1.87. The summed E-state index contributed by atoms with van der Waals surface area (Å²) in [7, 11) is -3.78. The second-order valence-corrected chi connectivity index (χ2v) is 13.2. The third kappa shape index (κ3) is 8.39. The lowest BCUT2D eigenvalue weighted by molar-refractivity contribution is -0.149. The molecule has 3 atom stereocenters. The minimum Gasteiger partial charge on any atom is -0.462 e. The van der Waals surface area contributed by atoms with E-state index in [1.807, 2.05) is 43.3 Å². The SMILES string of the molecule is CC(C)OC(=O)[C@H](C)NP(=O)(CO[C@H](C)Cn1cnc2c(N)ncnc21)Oc1ccc(-c2ccc(C(C)(C)O)cc2)cc1. The Morgan fingerprint density at radius 2 is 1.65 bits per heavy atom. The number of hydrogen-bond donors (Lipinski definition) is 3. The second kappa shape index (κ2) is 13.2. The second-order valence-electron chi connectivity index (χ2n) is 11.2. The van der Waals surface area contributed by atoms with E-state index in [4.69, 9.17) is 19.7 Å². The molecule has 230 valence electrons. The molecule has 2 aromatic heterocycles. The van der Waals surface area contributed by atoms with E-state index < -0.39 is 31.2 Å². The molecule has 0 aliphatic carbocycles. The lowest BCUT2D eigenvalue weighted by atomic mass is 9.95. The maximum absolute atomic E-state index is 14.1. The zero-order valence-electron chi connectivity index (χ0n) is 25.2. The van der Waals surface area contributed by atoms with Gasteiger partial charge in [-0.2, -0.15) is 0 Å². The summed E-state index contributed by atoms with van der Waals surface area (Å²) in [5.74, 6) is 0.0545. The molecule has 0 aliphatic heterocycles. The number of nitrogens with two attached hydrogens (primary N) is 1. The number of esters is 1.